The first-order valence-corrected chi connectivity index (χ1v) is 23.8. The van der Waals surface area contributed by atoms with Crippen LogP contribution in [0.2, 0.25) is 0 Å². The zero-order valence-electron chi connectivity index (χ0n) is 37.7. The molecule has 322 valence electrons. The molecule has 69 heavy (non-hydrogen) atoms. The molecular formula is C67H43NO. The Balaban J connectivity index is 1.04. The zero-order valence-corrected chi connectivity index (χ0v) is 37.7. The van der Waals surface area contributed by atoms with E-state index in [4.69, 9.17) is 4.42 Å². The molecule has 14 rings (SSSR count). The van der Waals surface area contributed by atoms with Crippen LogP contribution in [0.15, 0.2) is 265 Å². The monoisotopic (exact) mass is 877 g/mol. The van der Waals surface area contributed by atoms with Crippen molar-refractivity contribution in [1.29, 1.82) is 0 Å². The third kappa shape index (κ3) is 5.99. The van der Waals surface area contributed by atoms with Gasteiger partial charge >= 0.3 is 0 Å². The van der Waals surface area contributed by atoms with E-state index in [0.29, 0.717) is 0 Å². The number of rotatable bonds is 7. The van der Waals surface area contributed by atoms with Crippen molar-refractivity contribution in [3.05, 3.63) is 283 Å². The van der Waals surface area contributed by atoms with E-state index in [1.165, 1.54) is 89.0 Å². The summed E-state index contributed by atoms with van der Waals surface area (Å²) in [5.41, 5.74) is 24.1. The standard InChI is InChI=1S/C67H43NO/c1-4-16-44(17-5-1)47-30-32-49(33-31-47)51-37-41-54-53-40-36-50(46-20-8-3-9-21-46)42-59(53)67(60(54)43-51)57-24-12-10-22-55(57)65-58(67)25-14-26-61(65)68(52-38-34-48(35-39-52)45-18-6-2-7-19-45)62-27-15-29-64-66(62)56-23-11-13-28-63(56)69-64/h1-43H. The molecule has 11 aromatic carbocycles. The van der Waals surface area contributed by atoms with Crippen LogP contribution in [-0.4, -0.2) is 0 Å². The lowest BCUT2D eigenvalue weighted by Crippen LogP contribution is -2.26. The molecular weight excluding hydrogens is 835 g/mol. The molecule has 2 aliphatic rings. The van der Waals surface area contributed by atoms with E-state index in [-0.39, 0.29) is 0 Å². The average molecular weight is 878 g/mol. The smallest absolute Gasteiger partial charge is 0.137 e. The molecule has 0 fully saturated rings. The highest BCUT2D eigenvalue weighted by molar-refractivity contribution is 6.14. The van der Waals surface area contributed by atoms with Crippen LogP contribution in [0.4, 0.5) is 17.1 Å². The van der Waals surface area contributed by atoms with Crippen LogP contribution >= 0.6 is 0 Å². The van der Waals surface area contributed by atoms with Gasteiger partial charge in [-0.05, 0) is 132 Å². The van der Waals surface area contributed by atoms with E-state index in [0.717, 1.165) is 39.0 Å². The van der Waals surface area contributed by atoms with E-state index in [1.807, 2.05) is 0 Å². The second-order valence-electron chi connectivity index (χ2n) is 18.3. The summed E-state index contributed by atoms with van der Waals surface area (Å²) < 4.78 is 6.59. The van der Waals surface area contributed by atoms with Gasteiger partial charge < -0.3 is 9.32 Å². The van der Waals surface area contributed by atoms with Gasteiger partial charge in [-0.1, -0.05) is 212 Å². The van der Waals surface area contributed by atoms with E-state index < -0.39 is 5.41 Å². The number of nitrogens with zero attached hydrogens (tertiary/aromatic N) is 1. The Hall–Kier alpha value is -8.98. The molecule has 1 aromatic heterocycles. The minimum absolute atomic E-state index is 0.617. The molecule has 1 unspecified atom stereocenters. The summed E-state index contributed by atoms with van der Waals surface area (Å²) in [5.74, 6) is 0. The van der Waals surface area contributed by atoms with Gasteiger partial charge in [-0.25, -0.2) is 0 Å². The Morgan fingerprint density at radius 3 is 1.38 bits per heavy atom. The van der Waals surface area contributed by atoms with Crippen molar-refractivity contribution in [3.8, 4) is 66.8 Å². The van der Waals surface area contributed by atoms with Crippen molar-refractivity contribution in [2.75, 3.05) is 4.90 Å². The van der Waals surface area contributed by atoms with Crippen molar-refractivity contribution >= 4 is 39.0 Å². The number of benzene rings is 11. The predicted octanol–water partition coefficient (Wildman–Crippen LogP) is 18.1. The van der Waals surface area contributed by atoms with Gasteiger partial charge in [-0.2, -0.15) is 0 Å². The van der Waals surface area contributed by atoms with Crippen LogP contribution in [0.1, 0.15) is 22.3 Å². The quantitative estimate of drug-likeness (QED) is 0.159. The first kappa shape index (κ1) is 39.2. The van der Waals surface area contributed by atoms with Crippen LogP contribution in [0.5, 0.6) is 0 Å². The van der Waals surface area contributed by atoms with Gasteiger partial charge in [-0.3, -0.25) is 0 Å². The van der Waals surface area contributed by atoms with Gasteiger partial charge in [0.25, 0.3) is 0 Å². The van der Waals surface area contributed by atoms with E-state index in [2.05, 4.69) is 266 Å². The molecule has 2 aliphatic carbocycles. The number of para-hydroxylation sites is 1. The molecule has 2 nitrogen and oxygen atoms in total. The number of anilines is 3. The first-order valence-electron chi connectivity index (χ1n) is 23.8. The first-order chi connectivity index (χ1) is 34.2. The second-order valence-corrected chi connectivity index (χ2v) is 18.3. The van der Waals surface area contributed by atoms with Crippen LogP contribution < -0.4 is 4.90 Å². The SMILES string of the molecule is c1ccc(-c2ccc(-c3ccc4c(c3)C3(c5cc(-c6ccccc6)ccc5-4)c4ccccc4-c4c(N(c5ccc(-c6ccccc6)cc5)c5cccc6oc7ccccc7c56)cccc43)cc2)cc1. The van der Waals surface area contributed by atoms with Gasteiger partial charge in [0.05, 0.1) is 22.2 Å². The summed E-state index contributed by atoms with van der Waals surface area (Å²) in [6, 6.07) is 95.7. The van der Waals surface area contributed by atoms with E-state index in [1.54, 1.807) is 0 Å². The maximum atomic E-state index is 6.59. The molecule has 0 saturated heterocycles. The molecule has 1 heterocycles. The Labute approximate surface area is 401 Å². The number of furan rings is 1. The predicted molar refractivity (Wildman–Crippen MR) is 286 cm³/mol. The van der Waals surface area contributed by atoms with Crippen molar-refractivity contribution in [2.45, 2.75) is 5.41 Å². The Bertz CT molecular complexity index is 3930. The van der Waals surface area contributed by atoms with E-state index >= 15 is 0 Å². The summed E-state index contributed by atoms with van der Waals surface area (Å²) in [7, 11) is 0. The third-order valence-corrected chi connectivity index (χ3v) is 14.7. The minimum atomic E-state index is -0.617. The van der Waals surface area contributed by atoms with Crippen LogP contribution in [0.3, 0.4) is 0 Å². The van der Waals surface area contributed by atoms with Gasteiger partial charge in [-0.15, -0.1) is 0 Å². The Morgan fingerprint density at radius 1 is 0.290 bits per heavy atom. The molecule has 0 bridgehead atoms. The van der Waals surface area contributed by atoms with Crippen LogP contribution in [0.25, 0.3) is 88.7 Å². The fourth-order valence-corrected chi connectivity index (χ4v) is 11.7. The summed E-state index contributed by atoms with van der Waals surface area (Å²) in [6.07, 6.45) is 0. The molecule has 1 atom stereocenters. The molecule has 0 saturated carbocycles. The highest BCUT2D eigenvalue weighted by Crippen LogP contribution is 2.65. The number of fused-ring (bicyclic) bond motifs is 13. The molecule has 0 aliphatic heterocycles. The van der Waals surface area contributed by atoms with Crippen LogP contribution in [-0.2, 0) is 5.41 Å². The lowest BCUT2D eigenvalue weighted by atomic mass is 9.70. The van der Waals surface area contributed by atoms with Gasteiger partial charge in [0.15, 0.2) is 0 Å². The maximum absolute atomic E-state index is 6.59. The van der Waals surface area contributed by atoms with Gasteiger partial charge in [0, 0.05) is 16.6 Å². The molecule has 0 N–H and O–H groups in total. The lowest BCUT2D eigenvalue weighted by molar-refractivity contribution is 0.669. The van der Waals surface area contributed by atoms with Gasteiger partial charge in [0.2, 0.25) is 0 Å². The summed E-state index contributed by atoms with van der Waals surface area (Å²) in [6.45, 7) is 0. The van der Waals surface area contributed by atoms with Crippen LogP contribution in [0, 0.1) is 0 Å². The molecule has 0 radical (unpaired) electrons. The molecule has 2 heteroatoms. The summed E-state index contributed by atoms with van der Waals surface area (Å²) in [4.78, 5) is 2.48. The van der Waals surface area contributed by atoms with Crippen molar-refractivity contribution < 1.29 is 4.42 Å². The number of hydrogen-bond acceptors (Lipinski definition) is 2. The Morgan fingerprint density at radius 2 is 0.739 bits per heavy atom. The number of hydrogen-bond donors (Lipinski definition) is 0. The van der Waals surface area contributed by atoms with Gasteiger partial charge in [0.1, 0.15) is 11.2 Å². The Kier molecular flexibility index (Phi) is 8.84. The fraction of sp³-hybridized carbons (Fsp3) is 0.0149. The summed E-state index contributed by atoms with van der Waals surface area (Å²) >= 11 is 0. The average Bonchev–Trinajstić information content (AvgIpc) is 4.06. The maximum Gasteiger partial charge on any atom is 0.137 e. The normalized spacial score (nSPS) is 14.1. The zero-order chi connectivity index (χ0) is 45.5. The second kappa shape index (κ2) is 15.6. The van der Waals surface area contributed by atoms with E-state index in [9.17, 15) is 0 Å². The highest BCUT2D eigenvalue weighted by Gasteiger charge is 2.53. The lowest BCUT2D eigenvalue weighted by Gasteiger charge is -2.32. The van der Waals surface area contributed by atoms with Crippen molar-refractivity contribution in [2.24, 2.45) is 0 Å². The fourth-order valence-electron chi connectivity index (χ4n) is 11.7. The largest absolute Gasteiger partial charge is 0.456 e. The molecule has 12 aromatic rings. The molecule has 1 spiro atoms. The highest BCUT2D eigenvalue weighted by atomic mass is 16.3. The van der Waals surface area contributed by atoms with Crippen molar-refractivity contribution in [3.63, 3.8) is 0 Å². The minimum Gasteiger partial charge on any atom is -0.456 e. The van der Waals surface area contributed by atoms with Crippen molar-refractivity contribution in [1.82, 2.24) is 0 Å². The summed E-state index contributed by atoms with van der Waals surface area (Å²) in [5, 5.41) is 2.18. The molecule has 0 amide bonds. The topological polar surface area (TPSA) is 16.4 Å². The third-order valence-electron chi connectivity index (χ3n) is 14.7.